The number of nitrogens with zero attached hydrogens (tertiary/aromatic N) is 1. The largest absolute Gasteiger partial charge is 0.357 e. The van der Waals surface area contributed by atoms with E-state index < -0.39 is 0 Å². The van der Waals surface area contributed by atoms with Crippen LogP contribution >= 0.6 is 0 Å². The average Bonchev–Trinajstić information content (AvgIpc) is 2.72. The molecule has 2 aromatic carbocycles. The Hall–Kier alpha value is -2.89. The fourth-order valence-electron chi connectivity index (χ4n) is 2.75. The van der Waals surface area contributed by atoms with Gasteiger partial charge in [-0.3, -0.25) is 4.79 Å². The molecule has 0 radical (unpaired) electrons. The van der Waals surface area contributed by atoms with Gasteiger partial charge in [-0.2, -0.15) is 0 Å². The van der Waals surface area contributed by atoms with Crippen molar-refractivity contribution in [2.24, 2.45) is 4.99 Å². The Morgan fingerprint density at radius 1 is 1.07 bits per heavy atom. The van der Waals surface area contributed by atoms with Gasteiger partial charge < -0.3 is 16.0 Å². The van der Waals surface area contributed by atoms with Crippen molar-refractivity contribution < 1.29 is 9.18 Å². The van der Waals surface area contributed by atoms with Crippen molar-refractivity contribution in [3.63, 3.8) is 0 Å². The predicted molar refractivity (Wildman–Crippen MR) is 117 cm³/mol. The minimum absolute atomic E-state index is 0.0645. The highest BCUT2D eigenvalue weighted by Crippen LogP contribution is 2.08. The number of carbonyl (C=O) groups excluding carboxylic acids is 1. The number of benzene rings is 2. The lowest BCUT2D eigenvalue weighted by molar-refractivity contribution is 0.0939. The van der Waals surface area contributed by atoms with Gasteiger partial charge in [-0.05, 0) is 62.1 Å². The summed E-state index contributed by atoms with van der Waals surface area (Å²) < 4.78 is 13.3. The maximum atomic E-state index is 13.3. The minimum Gasteiger partial charge on any atom is -0.357 e. The molecule has 1 atom stereocenters. The minimum atomic E-state index is -0.222. The van der Waals surface area contributed by atoms with E-state index in [4.69, 9.17) is 0 Å². The summed E-state index contributed by atoms with van der Waals surface area (Å²) in [5.74, 6) is 0.406. The Bertz CT molecular complexity index is 822. The fraction of sp³-hybridized carbons (Fsp3) is 0.391. The Balaban J connectivity index is 1.95. The molecular weight excluding hydrogens is 367 g/mol. The summed E-state index contributed by atoms with van der Waals surface area (Å²) in [5.41, 5.74) is 2.54. The monoisotopic (exact) mass is 398 g/mol. The third-order valence-corrected chi connectivity index (χ3v) is 4.54. The molecule has 0 heterocycles. The summed E-state index contributed by atoms with van der Waals surface area (Å²) in [4.78, 5) is 16.9. The zero-order valence-electron chi connectivity index (χ0n) is 17.5. The third-order valence-electron chi connectivity index (χ3n) is 4.54. The quantitative estimate of drug-likeness (QED) is 0.446. The number of halogens is 1. The van der Waals surface area contributed by atoms with Crippen LogP contribution in [-0.4, -0.2) is 31.0 Å². The Labute approximate surface area is 172 Å². The van der Waals surface area contributed by atoms with Gasteiger partial charge in [-0.25, -0.2) is 9.38 Å². The second-order valence-corrected chi connectivity index (χ2v) is 6.98. The number of hydrogen-bond acceptors (Lipinski definition) is 2. The van der Waals surface area contributed by atoms with Crippen molar-refractivity contribution in [3.8, 4) is 0 Å². The fourth-order valence-corrected chi connectivity index (χ4v) is 2.75. The van der Waals surface area contributed by atoms with Crippen molar-refractivity contribution in [1.82, 2.24) is 16.0 Å². The first-order valence-corrected chi connectivity index (χ1v) is 10.2. The van der Waals surface area contributed by atoms with Gasteiger partial charge >= 0.3 is 0 Å². The van der Waals surface area contributed by atoms with E-state index in [-0.39, 0.29) is 17.8 Å². The molecule has 0 aliphatic carbocycles. The molecule has 1 unspecified atom stereocenters. The van der Waals surface area contributed by atoms with E-state index in [0.717, 1.165) is 24.1 Å². The number of nitrogens with one attached hydrogen (secondary N) is 3. The molecule has 0 aliphatic rings. The highest BCUT2D eigenvalue weighted by atomic mass is 19.1. The first-order valence-electron chi connectivity index (χ1n) is 10.2. The molecular formula is C23H31FN4O. The normalized spacial score (nSPS) is 12.3. The lowest BCUT2D eigenvalue weighted by Gasteiger charge is -2.13. The molecule has 0 saturated carbocycles. The van der Waals surface area contributed by atoms with Gasteiger partial charge in [-0.15, -0.1) is 0 Å². The zero-order chi connectivity index (χ0) is 21.1. The number of rotatable bonds is 9. The van der Waals surface area contributed by atoms with Gasteiger partial charge in [0.05, 0.1) is 6.54 Å². The lowest BCUT2D eigenvalue weighted by atomic mass is 10.1. The second-order valence-electron chi connectivity index (χ2n) is 6.98. The van der Waals surface area contributed by atoms with Gasteiger partial charge in [0.15, 0.2) is 5.96 Å². The summed E-state index contributed by atoms with van der Waals surface area (Å²) in [6, 6.07) is 14.3. The number of aliphatic imine (C=N–C) groups is 1. The molecule has 29 heavy (non-hydrogen) atoms. The molecule has 156 valence electrons. The van der Waals surface area contributed by atoms with Gasteiger partial charge in [0.1, 0.15) is 5.82 Å². The summed E-state index contributed by atoms with van der Waals surface area (Å²) in [7, 11) is 0. The van der Waals surface area contributed by atoms with E-state index in [2.05, 4.69) is 20.9 Å². The van der Waals surface area contributed by atoms with Gasteiger partial charge in [0.2, 0.25) is 0 Å². The molecule has 0 saturated heterocycles. The summed E-state index contributed by atoms with van der Waals surface area (Å²) in [6.45, 7) is 7.88. The molecule has 0 spiro atoms. The molecule has 0 fully saturated rings. The summed E-state index contributed by atoms with van der Waals surface area (Å²) >= 11 is 0. The SMILES string of the molecule is CCNC(=NCc1cccc(C(=O)NC(C)CC)c1)NCCc1cccc(F)c1. The average molecular weight is 399 g/mol. The van der Waals surface area contributed by atoms with E-state index in [0.29, 0.717) is 31.0 Å². The molecule has 0 bridgehead atoms. The number of carbonyl (C=O) groups is 1. The molecule has 6 heteroatoms. The van der Waals surface area contributed by atoms with Crippen LogP contribution in [0, 0.1) is 5.82 Å². The van der Waals surface area contributed by atoms with Crippen LogP contribution in [0.15, 0.2) is 53.5 Å². The zero-order valence-corrected chi connectivity index (χ0v) is 17.5. The number of guanidine groups is 1. The van der Waals surface area contributed by atoms with Crippen molar-refractivity contribution in [2.45, 2.75) is 46.2 Å². The molecule has 3 N–H and O–H groups in total. The van der Waals surface area contributed by atoms with E-state index in [1.807, 2.05) is 51.1 Å². The van der Waals surface area contributed by atoms with Crippen LogP contribution in [-0.2, 0) is 13.0 Å². The maximum absolute atomic E-state index is 13.3. The van der Waals surface area contributed by atoms with E-state index in [9.17, 15) is 9.18 Å². The van der Waals surface area contributed by atoms with E-state index in [1.54, 1.807) is 12.1 Å². The molecule has 0 aliphatic heterocycles. The molecule has 2 rings (SSSR count). The van der Waals surface area contributed by atoms with Crippen molar-refractivity contribution in [1.29, 1.82) is 0 Å². The number of hydrogen-bond donors (Lipinski definition) is 3. The topological polar surface area (TPSA) is 65.5 Å². The van der Waals surface area contributed by atoms with Gasteiger partial charge in [0.25, 0.3) is 5.91 Å². The standard InChI is InChI=1S/C23H31FN4O/c1-4-17(3)28-22(29)20-10-6-9-19(14-20)16-27-23(25-5-2)26-13-12-18-8-7-11-21(24)15-18/h6-11,14-15,17H,4-5,12-13,16H2,1-3H3,(H,28,29)(H2,25,26,27). The Morgan fingerprint density at radius 2 is 1.83 bits per heavy atom. The van der Waals surface area contributed by atoms with Crippen LogP contribution < -0.4 is 16.0 Å². The number of amides is 1. The van der Waals surface area contributed by atoms with Crippen LogP contribution in [0.3, 0.4) is 0 Å². The van der Waals surface area contributed by atoms with Crippen molar-refractivity contribution >= 4 is 11.9 Å². The summed E-state index contributed by atoms with van der Waals surface area (Å²) in [6.07, 6.45) is 1.59. The Kier molecular flexibility index (Phi) is 9.15. The van der Waals surface area contributed by atoms with Crippen molar-refractivity contribution in [3.05, 3.63) is 71.0 Å². The first-order chi connectivity index (χ1) is 14.0. The molecule has 0 aromatic heterocycles. The smallest absolute Gasteiger partial charge is 0.251 e. The van der Waals surface area contributed by atoms with Gasteiger partial charge in [-0.1, -0.05) is 31.2 Å². The maximum Gasteiger partial charge on any atom is 0.251 e. The van der Waals surface area contributed by atoms with Gasteiger partial charge in [0, 0.05) is 24.7 Å². The van der Waals surface area contributed by atoms with Crippen LogP contribution in [0.4, 0.5) is 4.39 Å². The highest BCUT2D eigenvalue weighted by Gasteiger charge is 2.09. The molecule has 2 aromatic rings. The van der Waals surface area contributed by atoms with Crippen molar-refractivity contribution in [2.75, 3.05) is 13.1 Å². The van der Waals surface area contributed by atoms with Crippen LogP contribution in [0.25, 0.3) is 0 Å². The predicted octanol–water partition coefficient (Wildman–Crippen LogP) is 3.65. The molecule has 1 amide bonds. The summed E-state index contributed by atoms with van der Waals surface area (Å²) in [5, 5.41) is 9.45. The lowest BCUT2D eigenvalue weighted by Crippen LogP contribution is -2.38. The van der Waals surface area contributed by atoms with Crippen LogP contribution in [0.1, 0.15) is 48.7 Å². The van der Waals surface area contributed by atoms with Crippen LogP contribution in [0.5, 0.6) is 0 Å². The second kappa shape index (κ2) is 11.8. The Morgan fingerprint density at radius 3 is 2.55 bits per heavy atom. The highest BCUT2D eigenvalue weighted by molar-refractivity contribution is 5.94. The van der Waals surface area contributed by atoms with E-state index >= 15 is 0 Å². The van der Waals surface area contributed by atoms with Crippen LogP contribution in [0.2, 0.25) is 0 Å². The molecule has 5 nitrogen and oxygen atoms in total. The van der Waals surface area contributed by atoms with E-state index in [1.165, 1.54) is 6.07 Å². The third kappa shape index (κ3) is 7.94. The first kappa shape index (κ1) is 22.4.